The van der Waals surface area contributed by atoms with Crippen molar-refractivity contribution in [1.82, 2.24) is 0 Å². The van der Waals surface area contributed by atoms with E-state index in [-0.39, 0.29) is 5.56 Å². The minimum Gasteiger partial charge on any atom is -0.284 e. The van der Waals surface area contributed by atoms with Gasteiger partial charge in [0.05, 0.1) is 0 Å². The quantitative estimate of drug-likeness (QED) is 0.401. The van der Waals surface area contributed by atoms with Crippen molar-refractivity contribution in [3.8, 4) is 0 Å². The number of ketones is 1. The van der Waals surface area contributed by atoms with E-state index in [1.165, 1.54) is 12.1 Å². The van der Waals surface area contributed by atoms with Crippen molar-refractivity contribution >= 4 is 22.6 Å². The number of halogens is 2. The Bertz CT molecular complexity index is 318. The molecule has 2 nitrogen and oxygen atoms in total. The lowest BCUT2D eigenvalue weighted by molar-refractivity contribution is -0.108. The predicted octanol–water partition coefficient (Wildman–Crippen LogP) is 1.77. The van der Waals surface area contributed by atoms with Crippen molar-refractivity contribution in [2.24, 2.45) is 0 Å². The van der Waals surface area contributed by atoms with E-state index in [0.717, 1.165) is 12.1 Å². The second-order valence-electron chi connectivity index (χ2n) is 2.11. The summed E-state index contributed by atoms with van der Waals surface area (Å²) < 4.78 is 12.3. The summed E-state index contributed by atoms with van der Waals surface area (Å²) >= 11 is 4.92. The van der Waals surface area contributed by atoms with E-state index < -0.39 is 16.8 Å². The van der Waals surface area contributed by atoms with Crippen LogP contribution in [0.1, 0.15) is 10.4 Å². The van der Waals surface area contributed by atoms with Gasteiger partial charge in [-0.3, -0.25) is 9.59 Å². The molecule has 0 aliphatic rings. The van der Waals surface area contributed by atoms with Gasteiger partial charge in [-0.25, -0.2) is 4.39 Å². The van der Waals surface area contributed by atoms with E-state index in [0.29, 0.717) is 0 Å². The Morgan fingerprint density at radius 2 is 1.67 bits per heavy atom. The number of carbonyl (C=O) groups is 2. The van der Waals surface area contributed by atoms with Gasteiger partial charge in [0.2, 0.25) is 5.78 Å². The molecule has 0 spiro atoms. The second kappa shape index (κ2) is 3.45. The van der Waals surface area contributed by atoms with Gasteiger partial charge in [0.15, 0.2) is 0 Å². The van der Waals surface area contributed by atoms with Crippen molar-refractivity contribution in [3.05, 3.63) is 35.6 Å². The fraction of sp³-hybridized carbons (Fsp3) is 0. The first-order valence-corrected chi connectivity index (χ1v) is 3.49. The summed E-state index contributed by atoms with van der Waals surface area (Å²) in [6.07, 6.45) is 0. The smallest absolute Gasteiger partial charge is 0.284 e. The first kappa shape index (κ1) is 8.87. The number of rotatable bonds is 2. The van der Waals surface area contributed by atoms with Gasteiger partial charge in [-0.15, -0.1) is 0 Å². The van der Waals surface area contributed by atoms with Gasteiger partial charge < -0.3 is 0 Å². The van der Waals surface area contributed by atoms with E-state index in [4.69, 9.17) is 11.6 Å². The van der Waals surface area contributed by atoms with Crippen LogP contribution in [0.4, 0.5) is 4.39 Å². The third-order valence-electron chi connectivity index (χ3n) is 1.28. The van der Waals surface area contributed by atoms with Crippen LogP contribution in [0.25, 0.3) is 0 Å². The summed E-state index contributed by atoms with van der Waals surface area (Å²) in [5.74, 6) is -1.29. The minimum atomic E-state index is -1.07. The zero-order valence-corrected chi connectivity index (χ0v) is 6.64. The molecule has 4 heteroatoms. The first-order chi connectivity index (χ1) is 5.61. The Hall–Kier alpha value is -1.22. The number of benzene rings is 1. The highest BCUT2D eigenvalue weighted by Gasteiger charge is 2.12. The molecule has 0 atom stereocenters. The molecule has 0 saturated heterocycles. The highest BCUT2D eigenvalue weighted by molar-refractivity contribution is 6.83. The summed E-state index contributed by atoms with van der Waals surface area (Å²) in [5.41, 5.74) is 0.0939. The largest absolute Gasteiger partial charge is 0.293 e. The monoisotopic (exact) mass is 186 g/mol. The second-order valence-corrected chi connectivity index (χ2v) is 2.45. The number of Topliss-reactive ketones (excluding diaryl/α,β-unsaturated/α-hetero) is 1. The van der Waals surface area contributed by atoms with E-state index >= 15 is 0 Å². The van der Waals surface area contributed by atoms with Crippen molar-refractivity contribution in [1.29, 1.82) is 0 Å². The SMILES string of the molecule is O=C(Cl)C(=O)c1ccc(F)cc1. The third-order valence-corrected chi connectivity index (χ3v) is 1.46. The molecule has 0 amide bonds. The van der Waals surface area contributed by atoms with Gasteiger partial charge in [-0.2, -0.15) is 0 Å². The Morgan fingerprint density at radius 3 is 2.08 bits per heavy atom. The zero-order chi connectivity index (χ0) is 9.14. The fourth-order valence-corrected chi connectivity index (χ4v) is 0.824. The van der Waals surface area contributed by atoms with E-state index in [1.807, 2.05) is 0 Å². The van der Waals surface area contributed by atoms with Gasteiger partial charge in [0.25, 0.3) is 5.24 Å². The number of carbonyl (C=O) groups excluding carboxylic acids is 2. The minimum absolute atomic E-state index is 0.0939. The molecule has 0 radical (unpaired) electrons. The summed E-state index contributed by atoms with van der Waals surface area (Å²) in [7, 11) is 0. The van der Waals surface area contributed by atoms with Crippen LogP contribution in [0.15, 0.2) is 24.3 Å². The molecule has 1 rings (SSSR count). The maximum Gasteiger partial charge on any atom is 0.293 e. The molecular formula is C8H4ClFO2. The molecule has 0 aliphatic heterocycles. The fourth-order valence-electron chi connectivity index (χ4n) is 0.715. The maximum absolute atomic E-state index is 12.3. The number of hydrogen-bond acceptors (Lipinski definition) is 2. The molecule has 0 saturated carbocycles. The standard InChI is InChI=1S/C8H4ClFO2/c9-8(12)7(11)5-1-3-6(10)4-2-5/h1-4H. The molecule has 1 aromatic rings. The van der Waals surface area contributed by atoms with Crippen molar-refractivity contribution in [3.63, 3.8) is 0 Å². The molecule has 1 aromatic carbocycles. The molecule has 0 aromatic heterocycles. The highest BCUT2D eigenvalue weighted by Crippen LogP contribution is 2.04. The lowest BCUT2D eigenvalue weighted by atomic mass is 10.1. The molecule has 62 valence electrons. The topological polar surface area (TPSA) is 34.1 Å². The van der Waals surface area contributed by atoms with Gasteiger partial charge in [0.1, 0.15) is 5.82 Å². The van der Waals surface area contributed by atoms with Crippen LogP contribution in [0.3, 0.4) is 0 Å². The molecule has 0 aliphatic carbocycles. The average molecular weight is 187 g/mol. The highest BCUT2D eigenvalue weighted by atomic mass is 35.5. The maximum atomic E-state index is 12.3. The van der Waals surface area contributed by atoms with Crippen LogP contribution < -0.4 is 0 Å². The van der Waals surface area contributed by atoms with Gasteiger partial charge in [-0.1, -0.05) is 0 Å². The van der Waals surface area contributed by atoms with Gasteiger partial charge >= 0.3 is 0 Å². The summed E-state index contributed by atoms with van der Waals surface area (Å²) in [6, 6.07) is 4.59. The average Bonchev–Trinajstić information content (AvgIpc) is 2.04. The van der Waals surface area contributed by atoms with Crippen LogP contribution in [0, 0.1) is 5.82 Å². The molecule has 0 heterocycles. The summed E-state index contributed by atoms with van der Waals surface area (Å²) in [4.78, 5) is 21.2. The zero-order valence-electron chi connectivity index (χ0n) is 5.88. The Kier molecular flexibility index (Phi) is 2.55. The van der Waals surface area contributed by atoms with E-state index in [2.05, 4.69) is 0 Å². The molecular weight excluding hydrogens is 183 g/mol. The van der Waals surface area contributed by atoms with Crippen LogP contribution in [-0.4, -0.2) is 11.0 Å². The normalized spacial score (nSPS) is 9.50. The van der Waals surface area contributed by atoms with Crippen molar-refractivity contribution < 1.29 is 14.0 Å². The molecule has 0 fully saturated rings. The van der Waals surface area contributed by atoms with E-state index in [9.17, 15) is 14.0 Å². The molecule has 12 heavy (non-hydrogen) atoms. The Balaban J connectivity index is 2.98. The molecule has 0 unspecified atom stereocenters. The summed E-state index contributed by atoms with van der Waals surface area (Å²) in [5, 5.41) is -1.07. The van der Waals surface area contributed by atoms with Gasteiger partial charge in [-0.05, 0) is 35.9 Å². The molecule has 0 bridgehead atoms. The molecule has 0 N–H and O–H groups in total. The van der Waals surface area contributed by atoms with Crippen LogP contribution in [0.2, 0.25) is 0 Å². The Morgan fingerprint density at radius 1 is 1.17 bits per heavy atom. The predicted molar refractivity (Wildman–Crippen MR) is 41.6 cm³/mol. The van der Waals surface area contributed by atoms with Crippen LogP contribution in [-0.2, 0) is 4.79 Å². The van der Waals surface area contributed by atoms with Crippen molar-refractivity contribution in [2.45, 2.75) is 0 Å². The van der Waals surface area contributed by atoms with Crippen LogP contribution in [0.5, 0.6) is 0 Å². The Labute approximate surface area is 73.0 Å². The summed E-state index contributed by atoms with van der Waals surface area (Å²) in [6.45, 7) is 0. The number of hydrogen-bond donors (Lipinski definition) is 0. The third kappa shape index (κ3) is 1.89. The lowest BCUT2D eigenvalue weighted by Crippen LogP contribution is -2.06. The van der Waals surface area contributed by atoms with Crippen LogP contribution >= 0.6 is 11.6 Å². The lowest BCUT2D eigenvalue weighted by Gasteiger charge is -1.93. The first-order valence-electron chi connectivity index (χ1n) is 3.11. The van der Waals surface area contributed by atoms with Gasteiger partial charge in [0, 0.05) is 5.56 Å². The van der Waals surface area contributed by atoms with Crippen molar-refractivity contribution in [2.75, 3.05) is 0 Å². The van der Waals surface area contributed by atoms with E-state index in [1.54, 1.807) is 0 Å².